The number of hydrogen-bond donors (Lipinski definition) is 0. The summed E-state index contributed by atoms with van der Waals surface area (Å²) < 4.78 is 0. The molecule has 2 heterocycles. The summed E-state index contributed by atoms with van der Waals surface area (Å²) in [6.07, 6.45) is 4.55. The van der Waals surface area contributed by atoms with E-state index >= 15 is 0 Å². The third-order valence-corrected chi connectivity index (χ3v) is 3.38. The van der Waals surface area contributed by atoms with E-state index in [0.29, 0.717) is 5.41 Å². The molecule has 15 heavy (non-hydrogen) atoms. The Bertz CT molecular complexity index is 317. The molecular formula is C13H20N2. The Morgan fingerprint density at radius 3 is 2.40 bits per heavy atom. The van der Waals surface area contributed by atoms with Crippen LogP contribution in [-0.2, 0) is 0 Å². The van der Waals surface area contributed by atoms with Crippen LogP contribution in [0.5, 0.6) is 0 Å². The average molecular weight is 204 g/mol. The van der Waals surface area contributed by atoms with Crippen molar-refractivity contribution < 1.29 is 0 Å². The van der Waals surface area contributed by atoms with Gasteiger partial charge in [0.05, 0.1) is 11.9 Å². The monoisotopic (exact) mass is 204 g/mol. The van der Waals surface area contributed by atoms with Gasteiger partial charge in [0.25, 0.3) is 0 Å². The summed E-state index contributed by atoms with van der Waals surface area (Å²) in [5.74, 6) is 0. The van der Waals surface area contributed by atoms with Crippen LogP contribution < -0.4 is 4.90 Å². The van der Waals surface area contributed by atoms with Crippen LogP contribution in [-0.4, -0.2) is 18.1 Å². The van der Waals surface area contributed by atoms with E-state index in [1.54, 1.807) is 0 Å². The molecule has 0 spiro atoms. The first-order chi connectivity index (χ1) is 7.07. The summed E-state index contributed by atoms with van der Waals surface area (Å²) in [6, 6.07) is 4.27. The SMILES string of the molecule is Cc1ccc(N2CCC(C)(C)CC2)cn1. The molecule has 1 aromatic heterocycles. The quantitative estimate of drug-likeness (QED) is 0.699. The minimum Gasteiger partial charge on any atom is -0.370 e. The topological polar surface area (TPSA) is 16.1 Å². The average Bonchev–Trinajstić information content (AvgIpc) is 2.20. The van der Waals surface area contributed by atoms with Gasteiger partial charge in [-0.2, -0.15) is 0 Å². The summed E-state index contributed by atoms with van der Waals surface area (Å²) in [5, 5.41) is 0. The van der Waals surface area contributed by atoms with Gasteiger partial charge in [0.1, 0.15) is 0 Å². The van der Waals surface area contributed by atoms with Crippen molar-refractivity contribution in [3.63, 3.8) is 0 Å². The highest BCUT2D eigenvalue weighted by Crippen LogP contribution is 2.31. The van der Waals surface area contributed by atoms with Gasteiger partial charge in [-0.15, -0.1) is 0 Å². The van der Waals surface area contributed by atoms with Crippen LogP contribution in [0.2, 0.25) is 0 Å². The number of rotatable bonds is 1. The van der Waals surface area contributed by atoms with Gasteiger partial charge in [0.2, 0.25) is 0 Å². The van der Waals surface area contributed by atoms with Crippen molar-refractivity contribution >= 4 is 5.69 Å². The molecule has 1 saturated heterocycles. The summed E-state index contributed by atoms with van der Waals surface area (Å²) in [7, 11) is 0. The van der Waals surface area contributed by atoms with E-state index in [4.69, 9.17) is 0 Å². The number of aromatic nitrogens is 1. The van der Waals surface area contributed by atoms with E-state index < -0.39 is 0 Å². The zero-order valence-corrected chi connectivity index (χ0v) is 9.95. The first-order valence-electron chi connectivity index (χ1n) is 5.74. The van der Waals surface area contributed by atoms with Crippen molar-refractivity contribution in [2.24, 2.45) is 5.41 Å². The number of nitrogens with zero attached hydrogens (tertiary/aromatic N) is 2. The fourth-order valence-electron chi connectivity index (χ4n) is 2.02. The van der Waals surface area contributed by atoms with Gasteiger partial charge >= 0.3 is 0 Å². The molecule has 0 atom stereocenters. The second-order valence-electron chi connectivity index (χ2n) is 5.31. The molecule has 1 aromatic rings. The van der Waals surface area contributed by atoms with E-state index in [1.807, 2.05) is 13.1 Å². The van der Waals surface area contributed by atoms with Crippen molar-refractivity contribution in [1.29, 1.82) is 0 Å². The molecule has 0 radical (unpaired) electrons. The van der Waals surface area contributed by atoms with Gasteiger partial charge in [-0.3, -0.25) is 4.98 Å². The molecule has 0 aromatic carbocycles. The van der Waals surface area contributed by atoms with Gasteiger partial charge in [-0.1, -0.05) is 13.8 Å². The molecule has 1 fully saturated rings. The summed E-state index contributed by atoms with van der Waals surface area (Å²) in [4.78, 5) is 6.79. The summed E-state index contributed by atoms with van der Waals surface area (Å²) in [6.45, 7) is 9.08. The summed E-state index contributed by atoms with van der Waals surface area (Å²) in [5.41, 5.74) is 2.89. The minimum atomic E-state index is 0.522. The Labute approximate surface area is 92.3 Å². The van der Waals surface area contributed by atoms with Gasteiger partial charge in [0.15, 0.2) is 0 Å². The molecule has 82 valence electrons. The lowest BCUT2D eigenvalue weighted by Gasteiger charge is -2.38. The molecule has 0 unspecified atom stereocenters. The molecule has 2 heteroatoms. The third-order valence-electron chi connectivity index (χ3n) is 3.38. The van der Waals surface area contributed by atoms with Crippen molar-refractivity contribution in [2.45, 2.75) is 33.6 Å². The largest absolute Gasteiger partial charge is 0.370 e. The van der Waals surface area contributed by atoms with Crippen LogP contribution >= 0.6 is 0 Å². The minimum absolute atomic E-state index is 0.522. The molecular weight excluding hydrogens is 184 g/mol. The first-order valence-corrected chi connectivity index (χ1v) is 5.74. The molecule has 0 N–H and O–H groups in total. The van der Waals surface area contributed by atoms with E-state index in [-0.39, 0.29) is 0 Å². The predicted molar refractivity (Wildman–Crippen MR) is 64.2 cm³/mol. The molecule has 0 bridgehead atoms. The molecule has 0 saturated carbocycles. The Kier molecular flexibility index (Phi) is 2.68. The molecule has 2 nitrogen and oxygen atoms in total. The second-order valence-corrected chi connectivity index (χ2v) is 5.31. The fraction of sp³-hybridized carbons (Fsp3) is 0.615. The van der Waals surface area contributed by atoms with Gasteiger partial charge < -0.3 is 4.90 Å². The Hall–Kier alpha value is -1.05. The molecule has 1 aliphatic rings. The highest BCUT2D eigenvalue weighted by molar-refractivity contribution is 5.44. The standard InChI is InChI=1S/C13H20N2/c1-11-4-5-12(10-14-11)15-8-6-13(2,3)7-9-15/h4-5,10H,6-9H2,1-3H3. The van der Waals surface area contributed by atoms with Crippen molar-refractivity contribution in [1.82, 2.24) is 4.98 Å². The van der Waals surface area contributed by atoms with Crippen LogP contribution in [0.4, 0.5) is 5.69 Å². The lowest BCUT2D eigenvalue weighted by atomic mass is 9.82. The smallest absolute Gasteiger partial charge is 0.0552 e. The fourth-order valence-corrected chi connectivity index (χ4v) is 2.02. The van der Waals surface area contributed by atoms with E-state index in [2.05, 4.69) is 35.9 Å². The molecule has 1 aliphatic heterocycles. The number of pyridine rings is 1. The van der Waals surface area contributed by atoms with Gasteiger partial charge in [0, 0.05) is 18.8 Å². The maximum atomic E-state index is 4.35. The predicted octanol–water partition coefficient (Wildman–Crippen LogP) is 3.02. The van der Waals surface area contributed by atoms with Gasteiger partial charge in [-0.05, 0) is 37.3 Å². The highest BCUT2D eigenvalue weighted by atomic mass is 15.1. The normalized spacial score (nSPS) is 20.3. The van der Waals surface area contributed by atoms with E-state index in [9.17, 15) is 0 Å². The summed E-state index contributed by atoms with van der Waals surface area (Å²) >= 11 is 0. The number of aryl methyl sites for hydroxylation is 1. The Morgan fingerprint density at radius 1 is 1.20 bits per heavy atom. The van der Waals surface area contributed by atoms with Crippen LogP contribution in [0.1, 0.15) is 32.4 Å². The van der Waals surface area contributed by atoms with E-state index in [1.165, 1.54) is 18.5 Å². The Balaban J connectivity index is 2.04. The lowest BCUT2D eigenvalue weighted by Crippen LogP contribution is -2.37. The highest BCUT2D eigenvalue weighted by Gasteiger charge is 2.25. The number of piperidine rings is 1. The zero-order chi connectivity index (χ0) is 10.9. The number of hydrogen-bond acceptors (Lipinski definition) is 2. The number of anilines is 1. The zero-order valence-electron chi connectivity index (χ0n) is 9.95. The van der Waals surface area contributed by atoms with Gasteiger partial charge in [-0.25, -0.2) is 0 Å². The molecule has 0 amide bonds. The van der Waals surface area contributed by atoms with Crippen LogP contribution in [0, 0.1) is 12.3 Å². The van der Waals surface area contributed by atoms with Crippen LogP contribution in [0.25, 0.3) is 0 Å². The Morgan fingerprint density at radius 2 is 1.87 bits per heavy atom. The van der Waals surface area contributed by atoms with Crippen molar-refractivity contribution in [2.75, 3.05) is 18.0 Å². The third kappa shape index (κ3) is 2.49. The maximum Gasteiger partial charge on any atom is 0.0552 e. The first kappa shape index (κ1) is 10.5. The lowest BCUT2D eigenvalue weighted by molar-refractivity contribution is 0.280. The maximum absolute atomic E-state index is 4.35. The van der Waals surface area contributed by atoms with Crippen molar-refractivity contribution in [3.05, 3.63) is 24.0 Å². The second kappa shape index (κ2) is 3.84. The van der Waals surface area contributed by atoms with Crippen LogP contribution in [0.3, 0.4) is 0 Å². The van der Waals surface area contributed by atoms with Crippen molar-refractivity contribution in [3.8, 4) is 0 Å². The van der Waals surface area contributed by atoms with Crippen LogP contribution in [0.15, 0.2) is 18.3 Å². The molecule has 0 aliphatic carbocycles. The van der Waals surface area contributed by atoms with E-state index in [0.717, 1.165) is 18.8 Å². The molecule has 2 rings (SSSR count).